The first kappa shape index (κ1) is 12.1. The minimum Gasteiger partial charge on any atom is -0.380 e. The summed E-state index contributed by atoms with van der Waals surface area (Å²) in [5.41, 5.74) is 0. The van der Waals surface area contributed by atoms with Gasteiger partial charge in [-0.25, -0.2) is 0 Å². The van der Waals surface area contributed by atoms with Gasteiger partial charge in [-0.2, -0.15) is 0 Å². The minimum atomic E-state index is 0.391. The van der Waals surface area contributed by atoms with Gasteiger partial charge in [-0.05, 0) is 43.2 Å². The topological polar surface area (TPSA) is 21.3 Å². The van der Waals surface area contributed by atoms with Crippen LogP contribution in [-0.4, -0.2) is 25.8 Å². The van der Waals surface area contributed by atoms with Crippen molar-refractivity contribution in [3.63, 3.8) is 0 Å². The lowest BCUT2D eigenvalue weighted by molar-refractivity contribution is 0.0518. The van der Waals surface area contributed by atoms with Crippen molar-refractivity contribution in [1.29, 1.82) is 0 Å². The number of hydrogen-bond acceptors (Lipinski definition) is 3. The molecular weight excluding hydrogens is 218 g/mol. The zero-order valence-corrected chi connectivity index (χ0v) is 10.9. The average Bonchev–Trinajstić information content (AvgIpc) is 2.97. The third-order valence-corrected chi connectivity index (χ3v) is 4.12. The van der Waals surface area contributed by atoms with Crippen LogP contribution in [-0.2, 0) is 11.2 Å². The average molecular weight is 239 g/mol. The summed E-state index contributed by atoms with van der Waals surface area (Å²) in [6, 6.07) is 4.82. The molecule has 0 spiro atoms. The second kappa shape index (κ2) is 5.80. The van der Waals surface area contributed by atoms with Crippen molar-refractivity contribution in [1.82, 2.24) is 5.32 Å². The Morgan fingerprint density at radius 3 is 2.88 bits per heavy atom. The van der Waals surface area contributed by atoms with E-state index in [1.807, 2.05) is 18.4 Å². The molecule has 0 aliphatic heterocycles. The highest BCUT2D eigenvalue weighted by Gasteiger charge is 2.36. The molecule has 0 amide bonds. The van der Waals surface area contributed by atoms with Crippen LogP contribution in [0.25, 0.3) is 0 Å². The Bertz CT molecular complexity index is 295. The molecule has 0 radical (unpaired) electrons. The minimum absolute atomic E-state index is 0.391. The van der Waals surface area contributed by atoms with E-state index in [1.54, 1.807) is 0 Å². The molecular formula is C13H21NOS. The van der Waals surface area contributed by atoms with Crippen molar-refractivity contribution in [3.05, 3.63) is 22.4 Å². The fourth-order valence-electron chi connectivity index (χ4n) is 2.32. The van der Waals surface area contributed by atoms with Crippen LogP contribution >= 0.6 is 11.3 Å². The van der Waals surface area contributed by atoms with Gasteiger partial charge in [0, 0.05) is 18.0 Å². The van der Waals surface area contributed by atoms with Crippen molar-refractivity contribution < 1.29 is 4.74 Å². The molecule has 1 heterocycles. The lowest BCUT2D eigenvalue weighted by Crippen LogP contribution is -2.43. The van der Waals surface area contributed by atoms with E-state index in [9.17, 15) is 0 Å². The molecule has 2 rings (SSSR count). The molecule has 2 nitrogen and oxygen atoms in total. The smallest absolute Gasteiger partial charge is 0.0755 e. The third-order valence-electron chi connectivity index (χ3n) is 3.22. The van der Waals surface area contributed by atoms with Gasteiger partial charge < -0.3 is 10.1 Å². The normalized spacial score (nSPS) is 19.6. The fraction of sp³-hybridized carbons (Fsp3) is 0.692. The predicted octanol–water partition coefficient (Wildman–Crippen LogP) is 2.69. The molecule has 3 heteroatoms. The number of methoxy groups -OCH3 is 1. The van der Waals surface area contributed by atoms with Gasteiger partial charge in [0.05, 0.1) is 6.10 Å². The first-order valence-electron chi connectivity index (χ1n) is 6.13. The van der Waals surface area contributed by atoms with Crippen LogP contribution in [0.1, 0.15) is 24.6 Å². The Balaban J connectivity index is 1.97. The van der Waals surface area contributed by atoms with Crippen LogP contribution in [0, 0.1) is 5.92 Å². The second-order valence-corrected chi connectivity index (χ2v) is 5.52. The summed E-state index contributed by atoms with van der Waals surface area (Å²) in [4.78, 5) is 1.45. The van der Waals surface area contributed by atoms with Crippen molar-refractivity contribution in [2.24, 2.45) is 5.92 Å². The van der Waals surface area contributed by atoms with Gasteiger partial charge >= 0.3 is 0 Å². The highest BCUT2D eigenvalue weighted by Crippen LogP contribution is 2.36. The summed E-state index contributed by atoms with van der Waals surface area (Å²) in [5, 5.41) is 5.72. The Morgan fingerprint density at radius 2 is 2.38 bits per heavy atom. The zero-order valence-electron chi connectivity index (χ0n) is 10.1. The summed E-state index contributed by atoms with van der Waals surface area (Å²) in [6.45, 7) is 3.18. The van der Waals surface area contributed by atoms with Gasteiger partial charge in [0.15, 0.2) is 0 Å². The molecule has 1 aliphatic carbocycles. The zero-order chi connectivity index (χ0) is 11.4. The molecule has 90 valence electrons. The van der Waals surface area contributed by atoms with E-state index in [0.717, 1.165) is 18.9 Å². The summed E-state index contributed by atoms with van der Waals surface area (Å²) >= 11 is 1.84. The molecule has 0 saturated heterocycles. The molecule has 1 saturated carbocycles. The van der Waals surface area contributed by atoms with Crippen molar-refractivity contribution in [3.8, 4) is 0 Å². The fourth-order valence-corrected chi connectivity index (χ4v) is 3.09. The molecule has 0 bridgehead atoms. The maximum absolute atomic E-state index is 5.68. The summed E-state index contributed by atoms with van der Waals surface area (Å²) in [5.74, 6) is 0.786. The van der Waals surface area contributed by atoms with E-state index in [4.69, 9.17) is 4.74 Å². The van der Waals surface area contributed by atoms with Crippen LogP contribution in [0.2, 0.25) is 0 Å². The molecule has 1 aliphatic rings. The van der Waals surface area contributed by atoms with Crippen molar-refractivity contribution in [2.75, 3.05) is 13.7 Å². The van der Waals surface area contributed by atoms with Gasteiger partial charge in [0.1, 0.15) is 0 Å². The van der Waals surface area contributed by atoms with E-state index in [-0.39, 0.29) is 0 Å². The van der Waals surface area contributed by atoms with Crippen LogP contribution in [0.15, 0.2) is 17.5 Å². The van der Waals surface area contributed by atoms with Crippen LogP contribution in [0.5, 0.6) is 0 Å². The van der Waals surface area contributed by atoms with Gasteiger partial charge in [-0.15, -0.1) is 11.3 Å². The maximum atomic E-state index is 5.68. The molecule has 2 atom stereocenters. The lowest BCUT2D eigenvalue weighted by atomic mass is 10.0. The Labute approximate surface area is 102 Å². The van der Waals surface area contributed by atoms with E-state index in [2.05, 4.69) is 29.8 Å². The van der Waals surface area contributed by atoms with E-state index in [1.165, 1.54) is 17.7 Å². The number of rotatable bonds is 7. The largest absolute Gasteiger partial charge is 0.380 e. The number of hydrogen-bond donors (Lipinski definition) is 1. The van der Waals surface area contributed by atoms with Gasteiger partial charge in [0.25, 0.3) is 0 Å². The quantitative estimate of drug-likeness (QED) is 0.790. The Kier molecular flexibility index (Phi) is 4.38. The predicted molar refractivity (Wildman–Crippen MR) is 69.0 cm³/mol. The van der Waals surface area contributed by atoms with E-state index >= 15 is 0 Å². The van der Waals surface area contributed by atoms with E-state index < -0.39 is 0 Å². The maximum Gasteiger partial charge on any atom is 0.0755 e. The van der Waals surface area contributed by atoms with Crippen LogP contribution in [0.3, 0.4) is 0 Å². The second-order valence-electron chi connectivity index (χ2n) is 4.49. The van der Waals surface area contributed by atoms with Crippen molar-refractivity contribution in [2.45, 2.75) is 38.3 Å². The molecule has 1 N–H and O–H groups in total. The highest BCUT2D eigenvalue weighted by molar-refractivity contribution is 7.09. The monoisotopic (exact) mass is 239 g/mol. The molecule has 1 fully saturated rings. The summed E-state index contributed by atoms with van der Waals surface area (Å²) in [6.07, 6.45) is 4.16. The Morgan fingerprint density at radius 1 is 1.56 bits per heavy atom. The molecule has 1 aromatic rings. The number of likely N-dealkylation sites (N-methyl/N-ethyl adjacent to an activating group) is 1. The van der Waals surface area contributed by atoms with Crippen molar-refractivity contribution >= 4 is 11.3 Å². The summed E-state index contributed by atoms with van der Waals surface area (Å²) < 4.78 is 5.68. The standard InChI is InChI=1S/C13H21NOS/c1-3-14-12(9-11-5-4-8-16-11)13(15-2)10-6-7-10/h4-5,8,10,12-14H,3,6-7,9H2,1-2H3. The van der Waals surface area contributed by atoms with Gasteiger partial charge in [-0.1, -0.05) is 13.0 Å². The first-order chi connectivity index (χ1) is 7.85. The first-order valence-corrected chi connectivity index (χ1v) is 7.01. The van der Waals surface area contributed by atoms with E-state index in [0.29, 0.717) is 12.1 Å². The number of thiophene rings is 1. The molecule has 2 unspecified atom stereocenters. The van der Waals surface area contributed by atoms with Gasteiger partial charge in [-0.3, -0.25) is 0 Å². The third kappa shape index (κ3) is 3.06. The molecule has 0 aromatic carbocycles. The number of ether oxygens (including phenoxy) is 1. The molecule has 1 aromatic heterocycles. The SMILES string of the molecule is CCNC(Cc1cccs1)C(OC)C1CC1. The van der Waals surface area contributed by atoms with Gasteiger partial charge in [0.2, 0.25) is 0 Å². The number of nitrogens with one attached hydrogen (secondary N) is 1. The highest BCUT2D eigenvalue weighted by atomic mass is 32.1. The summed E-state index contributed by atoms with van der Waals surface area (Å²) in [7, 11) is 1.85. The van der Waals surface area contributed by atoms with Crippen LogP contribution in [0.4, 0.5) is 0 Å². The lowest BCUT2D eigenvalue weighted by Gasteiger charge is -2.26. The van der Waals surface area contributed by atoms with Crippen LogP contribution < -0.4 is 5.32 Å². The molecule has 16 heavy (non-hydrogen) atoms. The Hall–Kier alpha value is -0.380.